The van der Waals surface area contributed by atoms with Crippen LogP contribution in [-0.4, -0.2) is 28.9 Å². The molecule has 2 heterocycles. The minimum Gasteiger partial charge on any atom is -0.486 e. The van der Waals surface area contributed by atoms with Gasteiger partial charge in [-0.1, -0.05) is 6.08 Å². The fraction of sp³-hybridized carbons (Fsp3) is 0.176. The Morgan fingerprint density at radius 3 is 2.65 bits per heavy atom. The summed E-state index contributed by atoms with van der Waals surface area (Å²) in [6, 6.07) is 8.29. The molecular formula is C17H15NO5. The van der Waals surface area contributed by atoms with Crippen molar-refractivity contribution in [2.24, 2.45) is 0 Å². The summed E-state index contributed by atoms with van der Waals surface area (Å²) in [5.74, 6) is 0.00923. The van der Waals surface area contributed by atoms with Gasteiger partial charge in [0.25, 0.3) is 5.56 Å². The van der Waals surface area contributed by atoms with Gasteiger partial charge in [0.05, 0.1) is 5.69 Å². The van der Waals surface area contributed by atoms with E-state index in [0.717, 1.165) is 5.56 Å². The van der Waals surface area contributed by atoms with Gasteiger partial charge in [-0.2, -0.15) is 0 Å². The molecule has 0 radical (unpaired) electrons. The molecule has 0 spiro atoms. The van der Waals surface area contributed by atoms with Gasteiger partial charge < -0.3 is 19.1 Å². The van der Waals surface area contributed by atoms with Crippen molar-refractivity contribution < 1.29 is 19.4 Å². The number of aromatic carboxylic acids is 1. The number of nitrogens with zero attached hydrogens (tertiary/aromatic N) is 1. The molecule has 0 fully saturated rings. The van der Waals surface area contributed by atoms with E-state index in [1.54, 1.807) is 24.3 Å². The minimum atomic E-state index is -1.25. The van der Waals surface area contributed by atoms with Gasteiger partial charge in [-0.15, -0.1) is 6.58 Å². The molecule has 1 N–H and O–H groups in total. The maximum Gasteiger partial charge on any atom is 0.341 e. The molecule has 1 aliphatic heterocycles. The summed E-state index contributed by atoms with van der Waals surface area (Å²) in [5, 5.41) is 9.10. The van der Waals surface area contributed by atoms with Crippen molar-refractivity contribution in [2.75, 3.05) is 13.2 Å². The van der Waals surface area contributed by atoms with Crippen molar-refractivity contribution in [3.8, 4) is 22.8 Å². The van der Waals surface area contributed by atoms with Crippen molar-refractivity contribution in [2.45, 2.75) is 6.54 Å². The summed E-state index contributed by atoms with van der Waals surface area (Å²) < 4.78 is 12.4. The summed E-state index contributed by atoms with van der Waals surface area (Å²) in [7, 11) is 0. The van der Waals surface area contributed by atoms with Gasteiger partial charge in [-0.05, 0) is 30.3 Å². The van der Waals surface area contributed by atoms with Gasteiger partial charge in [0.1, 0.15) is 18.8 Å². The number of aromatic nitrogens is 1. The van der Waals surface area contributed by atoms with Crippen LogP contribution in [0.1, 0.15) is 10.4 Å². The highest BCUT2D eigenvalue weighted by Gasteiger charge is 2.17. The summed E-state index contributed by atoms with van der Waals surface area (Å²) in [6.07, 6.45) is 1.55. The van der Waals surface area contributed by atoms with Crippen LogP contribution in [0.15, 0.2) is 47.8 Å². The number of benzene rings is 1. The number of carbonyl (C=O) groups is 1. The monoisotopic (exact) mass is 313 g/mol. The molecule has 1 aromatic heterocycles. The SMILES string of the molecule is C=CCn1c(-c2ccc3c(c2)OCCO3)ccc(C(=O)O)c1=O. The quantitative estimate of drug-likeness (QED) is 0.875. The van der Waals surface area contributed by atoms with Crippen molar-refractivity contribution in [3.05, 3.63) is 58.9 Å². The number of ether oxygens (including phenoxy) is 2. The third-order valence-electron chi connectivity index (χ3n) is 3.55. The van der Waals surface area contributed by atoms with Crippen LogP contribution in [0, 0.1) is 0 Å². The maximum atomic E-state index is 12.4. The lowest BCUT2D eigenvalue weighted by Crippen LogP contribution is -2.27. The fourth-order valence-electron chi connectivity index (χ4n) is 2.51. The Morgan fingerprint density at radius 1 is 1.22 bits per heavy atom. The number of rotatable bonds is 4. The van der Waals surface area contributed by atoms with Crippen molar-refractivity contribution >= 4 is 5.97 Å². The van der Waals surface area contributed by atoms with Crippen molar-refractivity contribution in [1.82, 2.24) is 4.57 Å². The molecule has 2 aromatic rings. The van der Waals surface area contributed by atoms with E-state index >= 15 is 0 Å². The van der Waals surface area contributed by atoms with E-state index in [4.69, 9.17) is 14.6 Å². The molecule has 23 heavy (non-hydrogen) atoms. The average Bonchev–Trinajstić information content (AvgIpc) is 2.56. The van der Waals surface area contributed by atoms with Crippen LogP contribution < -0.4 is 15.0 Å². The molecule has 0 aliphatic carbocycles. The zero-order valence-electron chi connectivity index (χ0n) is 12.3. The third kappa shape index (κ3) is 2.70. The standard InChI is InChI=1S/C17H15NO5/c1-2-7-18-13(5-4-12(16(18)19)17(20)21)11-3-6-14-15(10-11)23-9-8-22-14/h2-6,10H,1,7-9H2,(H,20,21). The molecule has 6 heteroatoms. The van der Waals surface area contributed by atoms with Crippen LogP contribution in [0.3, 0.4) is 0 Å². The first-order chi connectivity index (χ1) is 11.1. The second kappa shape index (κ2) is 6.00. The van der Waals surface area contributed by atoms with E-state index in [2.05, 4.69) is 6.58 Å². The van der Waals surface area contributed by atoms with E-state index < -0.39 is 11.5 Å². The van der Waals surface area contributed by atoms with E-state index in [0.29, 0.717) is 30.4 Å². The van der Waals surface area contributed by atoms with Crippen LogP contribution in [-0.2, 0) is 6.54 Å². The molecule has 0 saturated carbocycles. The van der Waals surface area contributed by atoms with Gasteiger partial charge in [0.15, 0.2) is 11.5 Å². The first-order valence-corrected chi connectivity index (χ1v) is 7.10. The lowest BCUT2D eigenvalue weighted by Gasteiger charge is -2.20. The minimum absolute atomic E-state index is 0.212. The number of hydrogen-bond acceptors (Lipinski definition) is 4. The molecule has 0 saturated heterocycles. The highest BCUT2D eigenvalue weighted by Crippen LogP contribution is 2.34. The molecule has 0 bridgehead atoms. The number of pyridine rings is 1. The number of carboxylic acids is 1. The van der Waals surface area contributed by atoms with Gasteiger partial charge in [-0.25, -0.2) is 4.79 Å². The lowest BCUT2D eigenvalue weighted by molar-refractivity contribution is 0.0694. The smallest absolute Gasteiger partial charge is 0.341 e. The van der Waals surface area contributed by atoms with E-state index in [-0.39, 0.29) is 12.1 Å². The first kappa shape index (κ1) is 14.9. The normalized spacial score (nSPS) is 12.7. The third-order valence-corrected chi connectivity index (χ3v) is 3.55. The predicted molar refractivity (Wildman–Crippen MR) is 84.3 cm³/mol. The largest absolute Gasteiger partial charge is 0.486 e. The summed E-state index contributed by atoms with van der Waals surface area (Å²) in [6.45, 7) is 4.80. The van der Waals surface area contributed by atoms with Crippen LogP contribution in [0.2, 0.25) is 0 Å². The van der Waals surface area contributed by atoms with Gasteiger partial charge in [0.2, 0.25) is 0 Å². The van der Waals surface area contributed by atoms with Crippen LogP contribution in [0.5, 0.6) is 11.5 Å². The number of allylic oxidation sites excluding steroid dienone is 1. The average molecular weight is 313 g/mol. The molecule has 0 amide bonds. The zero-order chi connectivity index (χ0) is 16.4. The van der Waals surface area contributed by atoms with E-state index in [1.165, 1.54) is 10.6 Å². The molecule has 6 nitrogen and oxygen atoms in total. The highest BCUT2D eigenvalue weighted by molar-refractivity contribution is 5.87. The maximum absolute atomic E-state index is 12.4. The van der Waals surface area contributed by atoms with Gasteiger partial charge in [-0.3, -0.25) is 4.79 Å². The Bertz CT molecular complexity index is 837. The van der Waals surface area contributed by atoms with E-state index in [9.17, 15) is 9.59 Å². The summed E-state index contributed by atoms with van der Waals surface area (Å²) in [4.78, 5) is 23.5. The van der Waals surface area contributed by atoms with Crippen LogP contribution in [0.4, 0.5) is 0 Å². The predicted octanol–water partition coefficient (Wildman–Crippen LogP) is 2.17. The highest BCUT2D eigenvalue weighted by atomic mass is 16.6. The molecule has 1 aromatic carbocycles. The Hall–Kier alpha value is -3.02. The topological polar surface area (TPSA) is 77.8 Å². The van der Waals surface area contributed by atoms with Gasteiger partial charge in [0, 0.05) is 12.1 Å². The summed E-state index contributed by atoms with van der Waals surface area (Å²) >= 11 is 0. The Balaban J connectivity index is 2.15. The van der Waals surface area contributed by atoms with Gasteiger partial charge >= 0.3 is 5.97 Å². The summed E-state index contributed by atoms with van der Waals surface area (Å²) in [5.41, 5.74) is 0.500. The molecule has 0 unspecified atom stereocenters. The fourth-order valence-corrected chi connectivity index (χ4v) is 2.51. The Kier molecular flexibility index (Phi) is 3.89. The Morgan fingerprint density at radius 2 is 1.96 bits per heavy atom. The molecule has 1 aliphatic rings. The Labute approximate surface area is 132 Å². The van der Waals surface area contributed by atoms with Crippen molar-refractivity contribution in [1.29, 1.82) is 0 Å². The second-order valence-corrected chi connectivity index (χ2v) is 5.00. The van der Waals surface area contributed by atoms with Crippen LogP contribution in [0.25, 0.3) is 11.3 Å². The second-order valence-electron chi connectivity index (χ2n) is 5.00. The number of hydrogen-bond donors (Lipinski definition) is 1. The lowest BCUT2D eigenvalue weighted by atomic mass is 10.1. The van der Waals surface area contributed by atoms with Crippen molar-refractivity contribution in [3.63, 3.8) is 0 Å². The van der Waals surface area contributed by atoms with E-state index in [1.807, 2.05) is 6.07 Å². The first-order valence-electron chi connectivity index (χ1n) is 7.10. The van der Waals surface area contributed by atoms with Crippen LogP contribution >= 0.6 is 0 Å². The molecule has 0 atom stereocenters. The molecular weight excluding hydrogens is 298 g/mol. The number of carboxylic acid groups (broad SMARTS) is 1. The number of fused-ring (bicyclic) bond motifs is 1. The molecule has 3 rings (SSSR count). The zero-order valence-corrected chi connectivity index (χ0v) is 12.3. The molecule has 118 valence electrons.